The van der Waals surface area contributed by atoms with Gasteiger partial charge in [0, 0.05) is 0 Å². The number of carboxylic acids is 1. The van der Waals surface area contributed by atoms with E-state index in [1.54, 1.807) is 11.8 Å². The van der Waals surface area contributed by atoms with E-state index in [0.29, 0.717) is 6.42 Å². The van der Waals surface area contributed by atoms with Crippen LogP contribution in [0.15, 0.2) is 12.7 Å². The number of nitrogens with one attached hydrogen (secondary N) is 1. The number of allylic oxidation sites excluding steroid dienone is 1. The summed E-state index contributed by atoms with van der Waals surface area (Å²) in [6.45, 7) is 4.36. The van der Waals surface area contributed by atoms with Crippen molar-refractivity contribution in [3.63, 3.8) is 0 Å². The molecule has 0 heterocycles. The average Bonchev–Trinajstić information content (AvgIpc) is 2.16. The Balaban J connectivity index is 3.62. The van der Waals surface area contributed by atoms with Gasteiger partial charge < -0.3 is 10.4 Å². The molecule has 0 unspecified atom stereocenters. The van der Waals surface area contributed by atoms with Crippen LogP contribution in [0.25, 0.3) is 0 Å². The number of rotatable bonds is 9. The van der Waals surface area contributed by atoms with Gasteiger partial charge in [0.05, 0.1) is 0 Å². The molecule has 0 aromatic rings. The number of aliphatic carboxylic acids is 1. The zero-order valence-electron chi connectivity index (χ0n) is 8.66. The van der Waals surface area contributed by atoms with Gasteiger partial charge in [0.2, 0.25) is 0 Å². The van der Waals surface area contributed by atoms with Gasteiger partial charge in [-0.15, -0.1) is 6.58 Å². The summed E-state index contributed by atoms with van der Waals surface area (Å²) in [5, 5.41) is 11.9. The highest BCUT2D eigenvalue weighted by molar-refractivity contribution is 7.98. The highest BCUT2D eigenvalue weighted by Crippen LogP contribution is 2.01. The van der Waals surface area contributed by atoms with Crippen molar-refractivity contribution in [2.24, 2.45) is 0 Å². The van der Waals surface area contributed by atoms with E-state index in [-0.39, 0.29) is 0 Å². The molecule has 0 saturated carbocycles. The first-order chi connectivity index (χ1) is 6.72. The first-order valence-corrected chi connectivity index (χ1v) is 6.17. The van der Waals surface area contributed by atoms with Crippen molar-refractivity contribution in [3.8, 4) is 0 Å². The Labute approximate surface area is 90.0 Å². The second-order valence-electron chi connectivity index (χ2n) is 3.06. The third kappa shape index (κ3) is 6.97. The molecule has 0 aromatic heterocycles. The van der Waals surface area contributed by atoms with Crippen LogP contribution in [0.4, 0.5) is 0 Å². The quantitative estimate of drug-likeness (QED) is 0.456. The SMILES string of the molecule is C=CCCCN[C@@H](CCSC)C(=O)O. The predicted octanol–water partition coefficient (Wildman–Crippen LogP) is 1.75. The fourth-order valence-electron chi connectivity index (χ4n) is 1.07. The van der Waals surface area contributed by atoms with E-state index < -0.39 is 12.0 Å². The number of carbonyl (C=O) groups is 1. The Morgan fingerprint density at radius 3 is 2.93 bits per heavy atom. The van der Waals surface area contributed by atoms with E-state index in [1.807, 2.05) is 12.3 Å². The molecule has 0 aromatic carbocycles. The van der Waals surface area contributed by atoms with E-state index in [1.165, 1.54) is 0 Å². The van der Waals surface area contributed by atoms with E-state index in [9.17, 15) is 4.79 Å². The molecular formula is C10H19NO2S. The van der Waals surface area contributed by atoms with Crippen LogP contribution in [0.5, 0.6) is 0 Å². The van der Waals surface area contributed by atoms with Crippen LogP contribution in [0.1, 0.15) is 19.3 Å². The van der Waals surface area contributed by atoms with Gasteiger partial charge in [-0.2, -0.15) is 11.8 Å². The lowest BCUT2D eigenvalue weighted by atomic mass is 10.2. The summed E-state index contributed by atoms with van der Waals surface area (Å²) in [6.07, 6.45) is 6.40. The highest BCUT2D eigenvalue weighted by atomic mass is 32.2. The molecule has 0 fully saturated rings. The minimum atomic E-state index is -0.752. The van der Waals surface area contributed by atoms with Gasteiger partial charge in [0.15, 0.2) is 0 Å². The Morgan fingerprint density at radius 2 is 2.43 bits per heavy atom. The summed E-state index contributed by atoms with van der Waals surface area (Å²) in [5.41, 5.74) is 0. The molecule has 82 valence electrons. The molecule has 0 aliphatic rings. The Kier molecular flexibility index (Phi) is 8.78. The van der Waals surface area contributed by atoms with Crippen LogP contribution in [0, 0.1) is 0 Å². The van der Waals surface area contributed by atoms with Crippen LogP contribution >= 0.6 is 11.8 Å². The summed E-state index contributed by atoms with van der Waals surface area (Å²) in [7, 11) is 0. The van der Waals surface area contributed by atoms with Crippen LogP contribution in [-0.2, 0) is 4.79 Å². The van der Waals surface area contributed by atoms with Crippen molar-refractivity contribution in [3.05, 3.63) is 12.7 Å². The fourth-order valence-corrected chi connectivity index (χ4v) is 1.54. The van der Waals surface area contributed by atoms with Crippen LogP contribution in [0.2, 0.25) is 0 Å². The van der Waals surface area contributed by atoms with E-state index in [4.69, 9.17) is 5.11 Å². The Morgan fingerprint density at radius 1 is 1.71 bits per heavy atom. The largest absolute Gasteiger partial charge is 0.480 e. The first kappa shape index (κ1) is 13.5. The molecule has 0 saturated heterocycles. The Bertz CT molecular complexity index is 174. The lowest BCUT2D eigenvalue weighted by molar-refractivity contribution is -0.139. The van der Waals surface area contributed by atoms with Crippen molar-refractivity contribution in [1.82, 2.24) is 5.32 Å². The van der Waals surface area contributed by atoms with Gasteiger partial charge in [-0.25, -0.2) is 0 Å². The molecule has 0 spiro atoms. The molecule has 3 nitrogen and oxygen atoms in total. The van der Waals surface area contributed by atoms with Crippen LogP contribution < -0.4 is 5.32 Å². The molecule has 0 bridgehead atoms. The summed E-state index contributed by atoms with van der Waals surface area (Å²) in [6, 6.07) is -0.396. The van der Waals surface area contributed by atoms with Crippen molar-refractivity contribution >= 4 is 17.7 Å². The second kappa shape index (κ2) is 9.09. The summed E-state index contributed by atoms with van der Waals surface area (Å²) >= 11 is 1.67. The monoisotopic (exact) mass is 217 g/mol. The molecule has 1 atom stereocenters. The molecule has 4 heteroatoms. The summed E-state index contributed by atoms with van der Waals surface area (Å²) in [4.78, 5) is 10.8. The average molecular weight is 217 g/mol. The lowest BCUT2D eigenvalue weighted by Gasteiger charge is -2.13. The third-order valence-corrected chi connectivity index (χ3v) is 2.53. The summed E-state index contributed by atoms with van der Waals surface area (Å²) in [5.74, 6) is 0.128. The number of hydrogen-bond acceptors (Lipinski definition) is 3. The normalized spacial score (nSPS) is 12.4. The number of carboxylic acid groups (broad SMARTS) is 1. The van der Waals surface area contributed by atoms with Crippen LogP contribution in [0.3, 0.4) is 0 Å². The third-order valence-electron chi connectivity index (χ3n) is 1.88. The molecule has 0 aliphatic carbocycles. The molecule has 0 radical (unpaired) electrons. The maximum Gasteiger partial charge on any atom is 0.320 e. The maximum atomic E-state index is 10.8. The van der Waals surface area contributed by atoms with Gasteiger partial charge in [0.1, 0.15) is 6.04 Å². The molecule has 0 aliphatic heterocycles. The van der Waals surface area contributed by atoms with Gasteiger partial charge in [-0.3, -0.25) is 4.79 Å². The first-order valence-electron chi connectivity index (χ1n) is 4.78. The maximum absolute atomic E-state index is 10.8. The van der Waals surface area contributed by atoms with E-state index >= 15 is 0 Å². The second-order valence-corrected chi connectivity index (χ2v) is 4.04. The van der Waals surface area contributed by atoms with Crippen LogP contribution in [-0.4, -0.2) is 35.7 Å². The van der Waals surface area contributed by atoms with Gasteiger partial charge >= 0.3 is 5.97 Å². The number of unbranched alkanes of at least 4 members (excludes halogenated alkanes) is 1. The highest BCUT2D eigenvalue weighted by Gasteiger charge is 2.14. The molecule has 0 amide bonds. The zero-order valence-corrected chi connectivity index (χ0v) is 9.48. The molecular weight excluding hydrogens is 198 g/mol. The minimum absolute atomic E-state index is 0.396. The molecule has 2 N–H and O–H groups in total. The minimum Gasteiger partial charge on any atom is -0.480 e. The summed E-state index contributed by atoms with van der Waals surface area (Å²) < 4.78 is 0. The van der Waals surface area contributed by atoms with Crippen molar-refractivity contribution < 1.29 is 9.90 Å². The van der Waals surface area contributed by atoms with Crippen molar-refractivity contribution in [2.75, 3.05) is 18.6 Å². The standard InChI is InChI=1S/C10H19NO2S/c1-3-4-5-7-11-9(10(12)13)6-8-14-2/h3,9,11H,1,4-8H2,2H3,(H,12,13)/t9-/m0/s1. The van der Waals surface area contributed by atoms with E-state index in [0.717, 1.165) is 25.1 Å². The number of thioether (sulfide) groups is 1. The fraction of sp³-hybridized carbons (Fsp3) is 0.700. The zero-order chi connectivity index (χ0) is 10.8. The van der Waals surface area contributed by atoms with Crippen molar-refractivity contribution in [2.45, 2.75) is 25.3 Å². The van der Waals surface area contributed by atoms with Gasteiger partial charge in [-0.1, -0.05) is 6.08 Å². The van der Waals surface area contributed by atoms with E-state index in [2.05, 4.69) is 11.9 Å². The number of hydrogen-bond donors (Lipinski definition) is 2. The lowest BCUT2D eigenvalue weighted by Crippen LogP contribution is -2.37. The van der Waals surface area contributed by atoms with Gasteiger partial charge in [0.25, 0.3) is 0 Å². The van der Waals surface area contributed by atoms with Gasteiger partial charge in [-0.05, 0) is 37.8 Å². The van der Waals surface area contributed by atoms with Crippen molar-refractivity contribution in [1.29, 1.82) is 0 Å². The Hall–Kier alpha value is -0.480. The molecule has 0 rings (SSSR count). The smallest absolute Gasteiger partial charge is 0.320 e. The predicted molar refractivity (Wildman–Crippen MR) is 61.9 cm³/mol. The molecule has 14 heavy (non-hydrogen) atoms. The topological polar surface area (TPSA) is 49.3 Å².